The zero-order valence-electron chi connectivity index (χ0n) is 13.0. The van der Waals surface area contributed by atoms with Crippen LogP contribution in [-0.2, 0) is 14.2 Å². The van der Waals surface area contributed by atoms with Crippen LogP contribution < -0.4 is 5.32 Å². The Kier molecular flexibility index (Phi) is 4.84. The van der Waals surface area contributed by atoms with Gasteiger partial charge in [-0.3, -0.25) is 4.79 Å². The van der Waals surface area contributed by atoms with E-state index in [1.807, 2.05) is 24.3 Å². The Balaban J connectivity index is 1.63. The number of fused-ring (bicyclic) bond motifs is 3. The van der Waals surface area contributed by atoms with Crippen molar-refractivity contribution < 1.29 is 19.0 Å². The maximum atomic E-state index is 11.8. The van der Waals surface area contributed by atoms with Crippen molar-refractivity contribution in [3.8, 4) is 11.1 Å². The molecule has 1 aliphatic carbocycles. The lowest BCUT2D eigenvalue weighted by atomic mass is 9.98. The van der Waals surface area contributed by atoms with Crippen molar-refractivity contribution in [3.63, 3.8) is 0 Å². The lowest BCUT2D eigenvalue weighted by Gasteiger charge is -2.14. The Labute approximate surface area is 141 Å². The quantitative estimate of drug-likeness (QED) is 0.860. The van der Waals surface area contributed by atoms with Crippen molar-refractivity contribution in [2.24, 2.45) is 0 Å². The molecule has 2 aromatic rings. The summed E-state index contributed by atoms with van der Waals surface area (Å²) in [4.78, 5) is 22.7. The molecule has 1 aliphatic rings. The van der Waals surface area contributed by atoms with Gasteiger partial charge < -0.3 is 14.7 Å². The van der Waals surface area contributed by atoms with Crippen LogP contribution in [0.25, 0.3) is 11.1 Å². The van der Waals surface area contributed by atoms with Gasteiger partial charge in [0, 0.05) is 12.5 Å². The van der Waals surface area contributed by atoms with Gasteiger partial charge in [0.25, 0.3) is 5.97 Å². The molecule has 5 nitrogen and oxygen atoms in total. The molecule has 1 amide bonds. The number of rotatable bonds is 5. The summed E-state index contributed by atoms with van der Waals surface area (Å²) in [5.74, 6) is -0.578. The molecule has 0 heterocycles. The summed E-state index contributed by atoms with van der Waals surface area (Å²) in [5.41, 5.74) is 4.65. The van der Waals surface area contributed by atoms with Crippen LogP contribution in [0.15, 0.2) is 48.5 Å². The Hall–Kier alpha value is -2.76. The molecule has 0 aromatic heterocycles. The predicted octanol–water partition coefficient (Wildman–Crippen LogP) is 2.54. The van der Waals surface area contributed by atoms with E-state index in [9.17, 15) is 9.59 Å². The van der Waals surface area contributed by atoms with Crippen LogP contribution in [-0.4, -0.2) is 33.3 Å². The van der Waals surface area contributed by atoms with Gasteiger partial charge in [-0.15, -0.1) is 0 Å². The average Bonchev–Trinajstić information content (AvgIpc) is 2.94. The minimum absolute atomic E-state index is 0.000690. The molecule has 0 unspecified atom stereocenters. The van der Waals surface area contributed by atoms with E-state index in [-0.39, 0.29) is 25.5 Å². The molecular weight excluding hydrogens is 305 g/mol. The van der Waals surface area contributed by atoms with Gasteiger partial charge in [-0.1, -0.05) is 48.5 Å². The predicted molar refractivity (Wildman–Crippen MR) is 89.5 cm³/mol. The van der Waals surface area contributed by atoms with Crippen LogP contribution in [0.1, 0.15) is 23.5 Å². The summed E-state index contributed by atoms with van der Waals surface area (Å²) in [6, 6.07) is 16.2. The second-order valence-corrected chi connectivity index (χ2v) is 5.49. The molecule has 0 aliphatic heterocycles. The van der Waals surface area contributed by atoms with E-state index in [2.05, 4.69) is 34.2 Å². The van der Waals surface area contributed by atoms with Crippen molar-refractivity contribution in [2.45, 2.75) is 12.3 Å². The fourth-order valence-electron chi connectivity index (χ4n) is 2.97. The number of hydrogen-bond donors (Lipinski definition) is 1. The molecule has 24 heavy (non-hydrogen) atoms. The Morgan fingerprint density at radius 2 is 1.58 bits per heavy atom. The highest BCUT2D eigenvalue weighted by atomic mass is 16.5. The molecule has 0 saturated heterocycles. The van der Waals surface area contributed by atoms with Crippen LogP contribution >= 0.6 is 0 Å². The maximum Gasteiger partial charge on any atom is 0.407 e. The maximum absolute atomic E-state index is 11.8. The number of nitrogens with one attached hydrogen (secondary N) is 1. The van der Waals surface area contributed by atoms with Crippen molar-refractivity contribution in [2.75, 3.05) is 13.2 Å². The number of carbonyl (C=O) groups is 2. The first-order chi connectivity index (χ1) is 11.7. The first-order valence-electron chi connectivity index (χ1n) is 7.69. The molecule has 0 bridgehead atoms. The van der Waals surface area contributed by atoms with Gasteiger partial charge in [-0.25, -0.2) is 4.79 Å². The molecule has 2 radical (unpaired) electrons. The zero-order valence-corrected chi connectivity index (χ0v) is 13.0. The first kappa shape index (κ1) is 16.1. The average molecular weight is 321 g/mol. The van der Waals surface area contributed by atoms with Crippen molar-refractivity contribution in [1.82, 2.24) is 5.32 Å². The van der Waals surface area contributed by atoms with E-state index < -0.39 is 12.1 Å². The smallest absolute Gasteiger partial charge is 0.407 e. The third kappa shape index (κ3) is 3.27. The standard InChI is InChI=1S/C18H16BNO4/c19-24-17(21)9-10-20-18(22)23-11-16-14-7-3-1-5-12(14)13-6-2-4-8-15(13)16/h1-8,16H,9-11H2,(H,20,22). The molecular formula is C18H16BNO4. The van der Waals surface area contributed by atoms with E-state index in [1.165, 1.54) is 11.1 Å². The molecule has 6 heteroatoms. The molecule has 120 valence electrons. The highest BCUT2D eigenvalue weighted by Gasteiger charge is 2.28. The van der Waals surface area contributed by atoms with Crippen LogP contribution in [0, 0.1) is 0 Å². The van der Waals surface area contributed by atoms with Crippen molar-refractivity contribution >= 4 is 20.1 Å². The van der Waals surface area contributed by atoms with Crippen LogP contribution in [0.4, 0.5) is 4.79 Å². The molecule has 0 spiro atoms. The molecule has 2 aromatic carbocycles. The molecule has 0 fully saturated rings. The highest BCUT2D eigenvalue weighted by Crippen LogP contribution is 2.44. The lowest BCUT2D eigenvalue weighted by molar-refractivity contribution is -0.133. The highest BCUT2D eigenvalue weighted by molar-refractivity contribution is 6.05. The third-order valence-corrected chi connectivity index (χ3v) is 4.07. The fraction of sp³-hybridized carbons (Fsp3) is 0.222. The van der Waals surface area contributed by atoms with Gasteiger partial charge in [-0.2, -0.15) is 0 Å². The molecule has 1 N–H and O–H groups in total. The fourth-order valence-corrected chi connectivity index (χ4v) is 2.97. The second-order valence-electron chi connectivity index (χ2n) is 5.49. The van der Waals surface area contributed by atoms with Crippen LogP contribution in [0.5, 0.6) is 0 Å². The SMILES string of the molecule is [B]OC(=O)CCNC(=O)OCC1c2ccccc2-c2ccccc21. The largest absolute Gasteiger partial charge is 0.543 e. The molecule has 3 rings (SSSR count). The first-order valence-corrected chi connectivity index (χ1v) is 7.69. The van der Waals surface area contributed by atoms with E-state index >= 15 is 0 Å². The van der Waals surface area contributed by atoms with Crippen molar-refractivity contribution in [1.29, 1.82) is 0 Å². The van der Waals surface area contributed by atoms with Crippen LogP contribution in [0.3, 0.4) is 0 Å². The number of alkyl carbamates (subject to hydrolysis) is 1. The number of carbonyl (C=O) groups excluding carboxylic acids is 2. The normalized spacial score (nSPS) is 12.2. The minimum atomic E-state index is -0.589. The third-order valence-electron chi connectivity index (χ3n) is 4.07. The molecule has 0 saturated carbocycles. The van der Waals surface area contributed by atoms with Gasteiger partial charge in [-0.05, 0) is 22.3 Å². The number of hydrogen-bond acceptors (Lipinski definition) is 4. The minimum Gasteiger partial charge on any atom is -0.543 e. The second kappa shape index (κ2) is 7.21. The topological polar surface area (TPSA) is 64.6 Å². The number of ether oxygens (including phenoxy) is 1. The van der Waals surface area contributed by atoms with Crippen molar-refractivity contribution in [3.05, 3.63) is 59.7 Å². The monoisotopic (exact) mass is 321 g/mol. The number of amides is 1. The number of benzene rings is 2. The zero-order chi connectivity index (χ0) is 16.9. The van der Waals surface area contributed by atoms with Gasteiger partial charge in [0.1, 0.15) is 6.61 Å². The van der Waals surface area contributed by atoms with Crippen LogP contribution in [0.2, 0.25) is 0 Å². The summed E-state index contributed by atoms with van der Waals surface area (Å²) in [6.45, 7) is 0.355. The Morgan fingerprint density at radius 1 is 1.00 bits per heavy atom. The summed E-state index contributed by atoms with van der Waals surface area (Å²) < 4.78 is 9.34. The summed E-state index contributed by atoms with van der Waals surface area (Å²) in [7, 11) is 4.73. The molecule has 0 atom stereocenters. The lowest BCUT2D eigenvalue weighted by Crippen LogP contribution is -2.28. The Morgan fingerprint density at radius 3 is 2.17 bits per heavy atom. The summed E-state index contributed by atoms with van der Waals surface area (Å²) >= 11 is 0. The van der Waals surface area contributed by atoms with E-state index in [0.717, 1.165) is 11.1 Å². The van der Waals surface area contributed by atoms with Gasteiger partial charge in [0.15, 0.2) is 0 Å². The van der Waals surface area contributed by atoms with E-state index in [0.29, 0.717) is 0 Å². The van der Waals surface area contributed by atoms with Gasteiger partial charge in [0.2, 0.25) is 0 Å². The summed E-state index contributed by atoms with van der Waals surface area (Å²) in [6.07, 6.45) is -0.567. The Bertz CT molecular complexity index is 717. The van der Waals surface area contributed by atoms with Gasteiger partial charge >= 0.3 is 14.1 Å². The van der Waals surface area contributed by atoms with E-state index in [4.69, 9.17) is 12.8 Å². The van der Waals surface area contributed by atoms with E-state index in [1.54, 1.807) is 0 Å². The summed E-state index contributed by atoms with van der Waals surface area (Å²) in [5, 5.41) is 2.50. The van der Waals surface area contributed by atoms with Gasteiger partial charge in [0.05, 0.1) is 6.42 Å².